The molecule has 2 aromatic carbocycles. The van der Waals surface area contributed by atoms with Gasteiger partial charge in [0, 0.05) is 17.3 Å². The van der Waals surface area contributed by atoms with E-state index in [9.17, 15) is 0 Å². The second-order valence-electron chi connectivity index (χ2n) is 7.06. The molecule has 0 amide bonds. The van der Waals surface area contributed by atoms with Crippen LogP contribution in [0.15, 0.2) is 59.6 Å². The van der Waals surface area contributed by atoms with Crippen LogP contribution in [0.5, 0.6) is 0 Å². The fourth-order valence-corrected chi connectivity index (χ4v) is 3.87. The molecular weight excluding hydrogens is 392 g/mol. The highest BCUT2D eigenvalue weighted by Gasteiger charge is 2.41. The molecule has 1 aliphatic heterocycles. The summed E-state index contributed by atoms with van der Waals surface area (Å²) in [6, 6.07) is 16.7. The molecule has 4 rings (SSSR count). The van der Waals surface area contributed by atoms with Crippen LogP contribution < -0.4 is 0 Å². The average molecular weight is 415 g/mol. The lowest BCUT2D eigenvalue weighted by atomic mass is 9.93. The van der Waals surface area contributed by atoms with Crippen LogP contribution in [-0.2, 0) is 14.5 Å². The molecule has 2 fully saturated rings. The van der Waals surface area contributed by atoms with Crippen LogP contribution in [0.3, 0.4) is 0 Å². The van der Waals surface area contributed by atoms with Gasteiger partial charge < -0.3 is 4.74 Å². The molecule has 0 radical (unpaired) electrons. The van der Waals surface area contributed by atoms with Gasteiger partial charge in [0.2, 0.25) is 5.79 Å². The van der Waals surface area contributed by atoms with E-state index >= 15 is 0 Å². The van der Waals surface area contributed by atoms with Crippen molar-refractivity contribution in [1.82, 2.24) is 0 Å². The molecule has 1 aliphatic carbocycles. The first-order valence-electron chi connectivity index (χ1n) is 9.19. The molecule has 136 valence electrons. The van der Waals surface area contributed by atoms with E-state index in [1.54, 1.807) is 0 Å². The molecular formula is C22H23BrO3. The molecule has 1 atom stereocenters. The summed E-state index contributed by atoms with van der Waals surface area (Å²) < 4.78 is 7.13. The van der Waals surface area contributed by atoms with E-state index in [1.807, 2.05) is 12.1 Å². The van der Waals surface area contributed by atoms with Crippen molar-refractivity contribution in [1.29, 1.82) is 0 Å². The number of benzene rings is 2. The Balaban J connectivity index is 1.41. The molecule has 1 spiro atoms. The zero-order valence-electron chi connectivity index (χ0n) is 14.7. The van der Waals surface area contributed by atoms with Crippen molar-refractivity contribution in [2.45, 2.75) is 44.0 Å². The second-order valence-corrected chi connectivity index (χ2v) is 7.98. The lowest BCUT2D eigenvalue weighted by Gasteiger charge is -2.41. The van der Waals surface area contributed by atoms with Crippen molar-refractivity contribution in [3.63, 3.8) is 0 Å². The first-order chi connectivity index (χ1) is 12.7. The maximum Gasteiger partial charge on any atom is 0.201 e. The fourth-order valence-electron chi connectivity index (χ4n) is 3.61. The highest BCUT2D eigenvalue weighted by Crippen LogP contribution is 2.37. The summed E-state index contributed by atoms with van der Waals surface area (Å²) in [6.07, 6.45) is 5.07. The second kappa shape index (κ2) is 7.65. The smallest absolute Gasteiger partial charge is 0.201 e. The topological polar surface area (TPSA) is 27.7 Å². The molecule has 2 aromatic rings. The van der Waals surface area contributed by atoms with E-state index < -0.39 is 5.79 Å². The van der Waals surface area contributed by atoms with E-state index in [0.717, 1.165) is 41.3 Å². The molecule has 1 saturated carbocycles. The Kier molecular flexibility index (Phi) is 5.28. The summed E-state index contributed by atoms with van der Waals surface area (Å²) in [5.41, 5.74) is 4.29. The molecule has 26 heavy (non-hydrogen) atoms. The summed E-state index contributed by atoms with van der Waals surface area (Å²) in [6.45, 7) is 4.70. The van der Waals surface area contributed by atoms with Crippen LogP contribution in [0.2, 0.25) is 0 Å². The standard InChI is InChI=1S/C22H23BrO3/c1-16(21-15-24-22(26-25-21)13-3-2-4-14-22)17-5-7-18(8-6-17)19-9-11-20(23)12-10-19/h5-12,21H,1-4,13-15H2. The molecule has 1 saturated heterocycles. The van der Waals surface area contributed by atoms with Gasteiger partial charge in [-0.25, -0.2) is 9.78 Å². The number of hydrogen-bond donors (Lipinski definition) is 0. The molecule has 0 bridgehead atoms. The van der Waals surface area contributed by atoms with Gasteiger partial charge in [0.15, 0.2) is 0 Å². The minimum Gasteiger partial charge on any atom is -0.344 e. The minimum absolute atomic E-state index is 0.263. The first kappa shape index (κ1) is 17.9. The maximum absolute atomic E-state index is 6.05. The quantitative estimate of drug-likeness (QED) is 0.564. The van der Waals surface area contributed by atoms with Crippen molar-refractivity contribution in [2.75, 3.05) is 6.61 Å². The van der Waals surface area contributed by atoms with Gasteiger partial charge in [-0.2, -0.15) is 0 Å². The van der Waals surface area contributed by atoms with Gasteiger partial charge in [-0.1, -0.05) is 65.3 Å². The third kappa shape index (κ3) is 3.79. The fraction of sp³-hybridized carbons (Fsp3) is 0.364. The highest BCUT2D eigenvalue weighted by atomic mass is 79.9. The lowest BCUT2D eigenvalue weighted by molar-refractivity contribution is -0.483. The first-order valence-corrected chi connectivity index (χ1v) is 9.98. The van der Waals surface area contributed by atoms with Crippen molar-refractivity contribution >= 4 is 21.5 Å². The Bertz CT molecular complexity index is 751. The minimum atomic E-state index is -0.527. The Morgan fingerprint density at radius 2 is 1.54 bits per heavy atom. The maximum atomic E-state index is 6.05. The third-order valence-electron chi connectivity index (χ3n) is 5.25. The van der Waals surface area contributed by atoms with Crippen LogP contribution in [0, 0.1) is 0 Å². The van der Waals surface area contributed by atoms with Gasteiger partial charge in [0.05, 0.1) is 6.61 Å². The van der Waals surface area contributed by atoms with Gasteiger partial charge in [-0.05, 0) is 47.2 Å². The molecule has 4 heteroatoms. The Morgan fingerprint density at radius 1 is 0.923 bits per heavy atom. The highest BCUT2D eigenvalue weighted by molar-refractivity contribution is 9.10. The van der Waals surface area contributed by atoms with Gasteiger partial charge >= 0.3 is 0 Å². The van der Waals surface area contributed by atoms with E-state index in [4.69, 9.17) is 14.5 Å². The number of ether oxygens (including phenoxy) is 1. The van der Waals surface area contributed by atoms with Crippen molar-refractivity contribution in [2.24, 2.45) is 0 Å². The van der Waals surface area contributed by atoms with E-state index in [0.29, 0.717) is 6.61 Å². The van der Waals surface area contributed by atoms with Crippen molar-refractivity contribution < 1.29 is 14.5 Å². The predicted molar refractivity (Wildman–Crippen MR) is 106 cm³/mol. The molecule has 2 aliphatic rings. The summed E-state index contributed by atoms with van der Waals surface area (Å²) in [7, 11) is 0. The van der Waals surface area contributed by atoms with Crippen molar-refractivity contribution in [3.05, 3.63) is 65.1 Å². The van der Waals surface area contributed by atoms with Gasteiger partial charge in [0.25, 0.3) is 0 Å². The normalized spacial score (nSPS) is 22.3. The van der Waals surface area contributed by atoms with Crippen LogP contribution in [0.4, 0.5) is 0 Å². The summed E-state index contributed by atoms with van der Waals surface area (Å²) in [5.74, 6) is -0.527. The van der Waals surface area contributed by atoms with Crippen LogP contribution >= 0.6 is 15.9 Å². The molecule has 1 heterocycles. The number of halogens is 1. The summed E-state index contributed by atoms with van der Waals surface area (Å²) in [4.78, 5) is 11.4. The summed E-state index contributed by atoms with van der Waals surface area (Å²) >= 11 is 3.47. The SMILES string of the molecule is C=C(c1ccc(-c2ccc(Br)cc2)cc1)C1COC2(CCCCC2)OO1. The predicted octanol–water partition coefficient (Wildman–Crippen LogP) is 6.14. The Hall–Kier alpha value is -1.46. The van der Waals surface area contributed by atoms with Crippen molar-refractivity contribution in [3.8, 4) is 11.1 Å². The average Bonchev–Trinajstić information content (AvgIpc) is 2.69. The molecule has 3 nitrogen and oxygen atoms in total. The number of hydrogen-bond acceptors (Lipinski definition) is 3. The van der Waals surface area contributed by atoms with Crippen LogP contribution in [0.25, 0.3) is 16.7 Å². The Labute approximate surface area is 163 Å². The molecule has 1 unspecified atom stereocenters. The van der Waals surface area contributed by atoms with E-state index in [1.165, 1.54) is 17.5 Å². The number of rotatable bonds is 3. The van der Waals surface area contributed by atoms with Crippen LogP contribution in [0.1, 0.15) is 37.7 Å². The monoisotopic (exact) mass is 414 g/mol. The third-order valence-corrected chi connectivity index (χ3v) is 5.78. The lowest BCUT2D eigenvalue weighted by Crippen LogP contribution is -2.46. The van der Waals surface area contributed by atoms with Crippen LogP contribution in [-0.4, -0.2) is 18.5 Å². The Morgan fingerprint density at radius 3 is 2.12 bits per heavy atom. The van der Waals surface area contributed by atoms with E-state index in [2.05, 4.69) is 58.9 Å². The van der Waals surface area contributed by atoms with Gasteiger partial charge in [0.1, 0.15) is 6.10 Å². The molecule has 0 aromatic heterocycles. The zero-order valence-corrected chi connectivity index (χ0v) is 16.3. The molecule has 0 N–H and O–H groups in total. The largest absolute Gasteiger partial charge is 0.344 e. The summed E-state index contributed by atoms with van der Waals surface area (Å²) in [5, 5.41) is 0. The van der Waals surface area contributed by atoms with Gasteiger partial charge in [-0.3, -0.25) is 0 Å². The van der Waals surface area contributed by atoms with Gasteiger partial charge in [-0.15, -0.1) is 0 Å². The zero-order chi connectivity index (χ0) is 18.0. The van der Waals surface area contributed by atoms with E-state index in [-0.39, 0.29) is 6.10 Å².